The highest BCUT2D eigenvalue weighted by molar-refractivity contribution is 5.99. The molecule has 37 heavy (non-hydrogen) atoms. The standard InChI is InChI=1S/C24H27N9O4/c1-15-6-9-32(20(34)5-8-25)13-18(15)31(2)21-17-7-10-33(22(17)29-14-28-21)23(35)30-19-4-3-16(11-26-19)12-27-24(36)37/h3-4,7,10-11,14-15,18,27H,5-6,9,12-13H2,1-2H3,(H,36,37)(H,26,30,35)/t15-,18+/m1/s1. The molecule has 3 N–H and O–H groups in total. The Labute approximate surface area is 212 Å². The van der Waals surface area contributed by atoms with E-state index in [0.29, 0.717) is 41.3 Å². The first-order chi connectivity index (χ1) is 17.8. The second kappa shape index (κ2) is 10.9. The number of carboxylic acid groups (broad SMARTS) is 1. The molecule has 192 valence electrons. The van der Waals surface area contributed by atoms with Crippen molar-refractivity contribution in [1.29, 1.82) is 5.26 Å². The van der Waals surface area contributed by atoms with Gasteiger partial charge in [0.15, 0.2) is 5.65 Å². The van der Waals surface area contributed by atoms with Crippen molar-refractivity contribution in [2.24, 2.45) is 5.92 Å². The number of hydrogen-bond acceptors (Lipinski definition) is 8. The van der Waals surface area contributed by atoms with Gasteiger partial charge in [0.05, 0.1) is 17.5 Å². The van der Waals surface area contributed by atoms with Gasteiger partial charge in [0.25, 0.3) is 0 Å². The molecule has 0 saturated carbocycles. The summed E-state index contributed by atoms with van der Waals surface area (Å²) in [4.78, 5) is 52.6. The fourth-order valence-electron chi connectivity index (χ4n) is 4.45. The van der Waals surface area contributed by atoms with Crippen molar-refractivity contribution in [2.75, 3.05) is 30.4 Å². The Kier molecular flexibility index (Phi) is 7.47. The van der Waals surface area contributed by atoms with Crippen LogP contribution in [0.1, 0.15) is 25.3 Å². The average molecular weight is 506 g/mol. The molecule has 13 nitrogen and oxygen atoms in total. The van der Waals surface area contributed by atoms with E-state index >= 15 is 0 Å². The second-order valence-corrected chi connectivity index (χ2v) is 8.88. The highest BCUT2D eigenvalue weighted by Crippen LogP contribution is 2.29. The molecule has 3 aromatic rings. The first kappa shape index (κ1) is 25.4. The Bertz CT molecular complexity index is 1350. The van der Waals surface area contributed by atoms with E-state index in [1.165, 1.54) is 17.1 Å². The zero-order chi connectivity index (χ0) is 26.5. The van der Waals surface area contributed by atoms with Gasteiger partial charge in [-0.1, -0.05) is 13.0 Å². The van der Waals surface area contributed by atoms with Crippen LogP contribution in [0, 0.1) is 17.2 Å². The smallest absolute Gasteiger partial charge is 0.404 e. The summed E-state index contributed by atoms with van der Waals surface area (Å²) >= 11 is 0. The van der Waals surface area contributed by atoms with Crippen molar-refractivity contribution in [3.63, 3.8) is 0 Å². The molecular weight excluding hydrogens is 478 g/mol. The van der Waals surface area contributed by atoms with E-state index in [2.05, 4.69) is 32.5 Å². The number of carbonyl (C=O) groups is 3. The van der Waals surface area contributed by atoms with Gasteiger partial charge in [-0.15, -0.1) is 0 Å². The van der Waals surface area contributed by atoms with E-state index in [9.17, 15) is 14.4 Å². The molecule has 0 radical (unpaired) electrons. The zero-order valence-corrected chi connectivity index (χ0v) is 20.5. The molecule has 2 atom stereocenters. The van der Waals surface area contributed by atoms with Gasteiger partial charge in [0, 0.05) is 39.1 Å². The van der Waals surface area contributed by atoms with Crippen LogP contribution in [0.25, 0.3) is 11.0 Å². The van der Waals surface area contributed by atoms with E-state index in [-0.39, 0.29) is 30.8 Å². The molecule has 4 rings (SSSR count). The third kappa shape index (κ3) is 5.58. The number of nitriles is 1. The number of aromatic nitrogens is 4. The lowest BCUT2D eigenvalue weighted by Gasteiger charge is -2.42. The number of carbonyl (C=O) groups excluding carboxylic acids is 2. The number of likely N-dealkylation sites (tertiary alicyclic amines) is 1. The predicted octanol–water partition coefficient (Wildman–Crippen LogP) is 2.26. The van der Waals surface area contributed by atoms with Gasteiger partial charge >= 0.3 is 12.1 Å². The summed E-state index contributed by atoms with van der Waals surface area (Å²) in [5.41, 5.74) is 1.06. The molecular formula is C24H27N9O4. The van der Waals surface area contributed by atoms with Gasteiger partial charge in [-0.2, -0.15) is 5.26 Å². The fraction of sp³-hybridized carbons (Fsp3) is 0.375. The van der Waals surface area contributed by atoms with Gasteiger partial charge in [-0.05, 0) is 30.0 Å². The van der Waals surface area contributed by atoms with Crippen LogP contribution in [0.2, 0.25) is 0 Å². The first-order valence-corrected chi connectivity index (χ1v) is 11.7. The highest BCUT2D eigenvalue weighted by Gasteiger charge is 2.32. The minimum absolute atomic E-state index is 0.0231. The quantitative estimate of drug-likeness (QED) is 0.455. The molecule has 0 aliphatic carbocycles. The Morgan fingerprint density at radius 2 is 2.05 bits per heavy atom. The molecule has 1 aliphatic heterocycles. The number of hydrogen-bond donors (Lipinski definition) is 3. The van der Waals surface area contributed by atoms with Crippen LogP contribution in [0.3, 0.4) is 0 Å². The molecule has 0 bridgehead atoms. The zero-order valence-electron chi connectivity index (χ0n) is 20.5. The Hall–Kier alpha value is -4.73. The maximum Gasteiger partial charge on any atom is 0.404 e. The number of piperidine rings is 1. The van der Waals surface area contributed by atoms with Gasteiger partial charge in [0.2, 0.25) is 5.91 Å². The van der Waals surface area contributed by atoms with Crippen LogP contribution in [0.5, 0.6) is 0 Å². The van der Waals surface area contributed by atoms with Crippen molar-refractivity contribution in [3.05, 3.63) is 42.5 Å². The van der Waals surface area contributed by atoms with Crippen LogP contribution in [-0.4, -0.2) is 73.7 Å². The summed E-state index contributed by atoms with van der Waals surface area (Å²) in [7, 11) is 1.91. The van der Waals surface area contributed by atoms with Gasteiger partial charge in [-0.3, -0.25) is 14.7 Å². The summed E-state index contributed by atoms with van der Waals surface area (Å²) < 4.78 is 1.36. The minimum Gasteiger partial charge on any atom is -0.465 e. The van der Waals surface area contributed by atoms with Gasteiger partial charge in [-0.25, -0.2) is 24.5 Å². The topological polar surface area (TPSA) is 169 Å². The fourth-order valence-corrected chi connectivity index (χ4v) is 4.45. The first-order valence-electron chi connectivity index (χ1n) is 11.7. The average Bonchev–Trinajstić information content (AvgIpc) is 3.33. The number of anilines is 2. The maximum atomic E-state index is 13.0. The van der Waals surface area contributed by atoms with Crippen molar-refractivity contribution < 1.29 is 19.5 Å². The molecule has 0 aromatic carbocycles. The molecule has 3 amide bonds. The largest absolute Gasteiger partial charge is 0.465 e. The number of likely N-dealkylation sites (N-methyl/N-ethyl adjacent to an activating group) is 1. The SMILES string of the molecule is C[C@@H]1CCN(C(=O)CC#N)C[C@@H]1N(C)c1ncnc2c1ccn2C(=O)Nc1ccc(CNC(=O)O)cn1. The van der Waals surface area contributed by atoms with Crippen LogP contribution >= 0.6 is 0 Å². The predicted molar refractivity (Wildman–Crippen MR) is 134 cm³/mol. The summed E-state index contributed by atoms with van der Waals surface area (Å²) in [5.74, 6) is 1.04. The van der Waals surface area contributed by atoms with E-state index in [1.807, 2.05) is 18.0 Å². The molecule has 3 aromatic heterocycles. The maximum absolute atomic E-state index is 13.0. The molecule has 0 unspecified atom stereocenters. The third-order valence-corrected chi connectivity index (χ3v) is 6.52. The minimum atomic E-state index is -1.13. The van der Waals surface area contributed by atoms with Gasteiger partial charge < -0.3 is 20.2 Å². The third-order valence-electron chi connectivity index (χ3n) is 6.52. The lowest BCUT2D eigenvalue weighted by molar-refractivity contribution is -0.131. The van der Waals surface area contributed by atoms with E-state index in [0.717, 1.165) is 6.42 Å². The molecule has 1 fully saturated rings. The number of fused-ring (bicyclic) bond motifs is 1. The normalized spacial score (nSPS) is 17.2. The molecule has 1 saturated heterocycles. The molecule has 4 heterocycles. The lowest BCUT2D eigenvalue weighted by Crippen LogP contribution is -2.52. The Morgan fingerprint density at radius 1 is 1.24 bits per heavy atom. The number of amides is 3. The van der Waals surface area contributed by atoms with Crippen LogP contribution in [-0.2, 0) is 11.3 Å². The summed E-state index contributed by atoms with van der Waals surface area (Å²) in [6, 6.07) is 6.45. The highest BCUT2D eigenvalue weighted by atomic mass is 16.4. The van der Waals surface area contributed by atoms with Crippen molar-refractivity contribution in [3.8, 4) is 6.07 Å². The van der Waals surface area contributed by atoms with Crippen molar-refractivity contribution in [1.82, 2.24) is 29.7 Å². The van der Waals surface area contributed by atoms with Crippen LogP contribution < -0.4 is 15.5 Å². The Balaban J connectivity index is 1.51. The summed E-state index contributed by atoms with van der Waals surface area (Å²) in [5, 5.41) is 23.2. The number of rotatable bonds is 6. The lowest BCUT2D eigenvalue weighted by atomic mass is 9.92. The number of pyridine rings is 1. The van der Waals surface area contributed by atoms with Crippen molar-refractivity contribution in [2.45, 2.75) is 32.4 Å². The van der Waals surface area contributed by atoms with E-state index in [4.69, 9.17) is 10.4 Å². The summed E-state index contributed by atoms with van der Waals surface area (Å²) in [6.07, 6.45) is 4.01. The van der Waals surface area contributed by atoms with E-state index < -0.39 is 12.1 Å². The van der Waals surface area contributed by atoms with Crippen molar-refractivity contribution >= 4 is 40.7 Å². The molecule has 1 aliphatic rings. The molecule has 13 heteroatoms. The molecule has 0 spiro atoms. The van der Waals surface area contributed by atoms with Gasteiger partial charge in [0.1, 0.15) is 24.4 Å². The Morgan fingerprint density at radius 3 is 2.76 bits per heavy atom. The number of nitrogens with one attached hydrogen (secondary N) is 2. The van der Waals surface area contributed by atoms with Crippen LogP contribution in [0.15, 0.2) is 36.9 Å². The second-order valence-electron chi connectivity index (χ2n) is 8.88. The summed E-state index contributed by atoms with van der Waals surface area (Å²) in [6.45, 7) is 3.33. The van der Waals surface area contributed by atoms with Crippen LogP contribution in [0.4, 0.5) is 21.2 Å². The van der Waals surface area contributed by atoms with E-state index in [1.54, 1.807) is 29.3 Å². The number of nitrogens with zero attached hydrogens (tertiary/aromatic N) is 7. The monoisotopic (exact) mass is 505 g/mol.